The molecule has 0 N–H and O–H groups in total. The van der Waals surface area contributed by atoms with Gasteiger partial charge in [-0.05, 0) is 30.3 Å². The van der Waals surface area contributed by atoms with Crippen molar-refractivity contribution >= 4 is 10.9 Å². The summed E-state index contributed by atoms with van der Waals surface area (Å²) in [4.78, 5) is 4.13. The molecule has 0 aliphatic heterocycles. The Morgan fingerprint density at radius 3 is 3.20 bits per heavy atom. The van der Waals surface area contributed by atoms with Gasteiger partial charge in [-0.1, -0.05) is 6.07 Å². The number of benzene rings is 1. The predicted molar refractivity (Wildman–Crippen MR) is 39.4 cm³/mol. The third-order valence-corrected chi connectivity index (χ3v) is 1.37. The van der Waals surface area contributed by atoms with E-state index in [0.717, 1.165) is 10.9 Å². The molecule has 2 rings (SSSR count). The Labute approximate surface area is 59.3 Å². The summed E-state index contributed by atoms with van der Waals surface area (Å²) in [7, 11) is 0. The van der Waals surface area contributed by atoms with E-state index in [1.54, 1.807) is 12.3 Å². The van der Waals surface area contributed by atoms with Crippen LogP contribution >= 0.6 is 0 Å². The van der Waals surface area contributed by atoms with Gasteiger partial charge in [0.05, 0.1) is 5.52 Å². The fourth-order valence-electron chi connectivity index (χ4n) is 0.895. The number of rotatable bonds is 0. The molecule has 0 bridgehead atoms. The molecule has 0 unspecified atom stereocenters. The van der Waals surface area contributed by atoms with Crippen molar-refractivity contribution in [2.45, 2.75) is 0 Å². The molecule has 0 saturated heterocycles. The van der Waals surface area contributed by atoms with Crippen LogP contribution in [0, 0.1) is 12.1 Å². The molecular formula is C9H5N. The molecule has 0 amide bonds. The van der Waals surface area contributed by atoms with Crippen LogP contribution in [0.4, 0.5) is 0 Å². The zero-order valence-electron chi connectivity index (χ0n) is 5.33. The number of fused-ring (bicyclic) bond motifs is 1. The Hall–Kier alpha value is -1.37. The van der Waals surface area contributed by atoms with Gasteiger partial charge in [-0.2, -0.15) is 0 Å². The number of hydrogen-bond donors (Lipinski definition) is 0. The quantitative estimate of drug-likeness (QED) is 0.526. The molecule has 1 aromatic heterocycles. The van der Waals surface area contributed by atoms with Gasteiger partial charge in [0.1, 0.15) is 0 Å². The third-order valence-electron chi connectivity index (χ3n) is 1.37. The first-order valence-corrected chi connectivity index (χ1v) is 3.09. The van der Waals surface area contributed by atoms with E-state index in [9.17, 15) is 0 Å². The zero-order valence-corrected chi connectivity index (χ0v) is 5.33. The summed E-state index contributed by atoms with van der Waals surface area (Å²) < 4.78 is 0. The highest BCUT2D eigenvalue weighted by Gasteiger charge is 1.87. The Bertz CT molecular complexity index is 276. The first-order chi connectivity index (χ1) is 4.97. The lowest BCUT2D eigenvalue weighted by Crippen LogP contribution is -1.74. The second-order valence-corrected chi connectivity index (χ2v) is 2.03. The number of hydrogen-bond acceptors (Lipinski definition) is 1. The molecule has 0 aliphatic rings. The van der Waals surface area contributed by atoms with Crippen molar-refractivity contribution in [2.75, 3.05) is 0 Å². The Morgan fingerprint density at radius 2 is 2.30 bits per heavy atom. The lowest BCUT2D eigenvalue weighted by atomic mass is 10.2. The second kappa shape index (κ2) is 2.10. The van der Waals surface area contributed by atoms with Crippen molar-refractivity contribution in [3.05, 3.63) is 42.6 Å². The minimum absolute atomic E-state index is 0.973. The van der Waals surface area contributed by atoms with E-state index in [0.29, 0.717) is 0 Å². The molecule has 0 atom stereocenters. The van der Waals surface area contributed by atoms with Gasteiger partial charge >= 0.3 is 0 Å². The first kappa shape index (κ1) is 5.42. The summed E-state index contributed by atoms with van der Waals surface area (Å²) >= 11 is 0. The molecule has 46 valence electrons. The standard InChI is InChI=1S/C9H5N/c1-2-6-9-8(4-1)5-3-7-10-9/h2-4,6-7H. The zero-order chi connectivity index (χ0) is 6.81. The van der Waals surface area contributed by atoms with Gasteiger partial charge in [-0.3, -0.25) is 4.98 Å². The lowest BCUT2D eigenvalue weighted by Gasteiger charge is -1.90. The van der Waals surface area contributed by atoms with E-state index in [1.807, 2.05) is 18.2 Å². The van der Waals surface area contributed by atoms with Crippen molar-refractivity contribution in [1.29, 1.82) is 0 Å². The lowest BCUT2D eigenvalue weighted by molar-refractivity contribution is 1.41. The predicted octanol–water partition coefficient (Wildman–Crippen LogP) is 1.84. The Kier molecular flexibility index (Phi) is 1.14. The summed E-state index contributed by atoms with van der Waals surface area (Å²) in [5.74, 6) is 0. The van der Waals surface area contributed by atoms with E-state index in [2.05, 4.69) is 17.1 Å². The van der Waals surface area contributed by atoms with Crippen LogP contribution in [0.15, 0.2) is 30.5 Å². The molecule has 2 radical (unpaired) electrons. The number of pyridine rings is 1. The summed E-state index contributed by atoms with van der Waals surface area (Å²) in [5.41, 5.74) is 0.973. The van der Waals surface area contributed by atoms with E-state index < -0.39 is 0 Å². The van der Waals surface area contributed by atoms with Crippen molar-refractivity contribution in [3.63, 3.8) is 0 Å². The highest BCUT2D eigenvalue weighted by atomic mass is 14.6. The minimum Gasteiger partial charge on any atom is -0.256 e. The maximum absolute atomic E-state index is 4.13. The minimum atomic E-state index is 0.973. The molecule has 2 aromatic rings. The van der Waals surface area contributed by atoms with Crippen LogP contribution in [0.2, 0.25) is 0 Å². The SMILES string of the molecule is [c]1ccc2ncc[c]c2c1. The van der Waals surface area contributed by atoms with Crippen LogP contribution in [-0.4, -0.2) is 4.98 Å². The summed E-state index contributed by atoms with van der Waals surface area (Å²) in [5, 5.41) is 1.02. The van der Waals surface area contributed by atoms with Crippen molar-refractivity contribution < 1.29 is 0 Å². The Morgan fingerprint density at radius 1 is 1.30 bits per heavy atom. The van der Waals surface area contributed by atoms with Gasteiger partial charge in [0.15, 0.2) is 0 Å². The van der Waals surface area contributed by atoms with E-state index in [-0.39, 0.29) is 0 Å². The van der Waals surface area contributed by atoms with Crippen molar-refractivity contribution in [1.82, 2.24) is 4.98 Å². The van der Waals surface area contributed by atoms with Crippen LogP contribution < -0.4 is 0 Å². The largest absolute Gasteiger partial charge is 0.256 e. The van der Waals surface area contributed by atoms with Gasteiger partial charge in [-0.15, -0.1) is 0 Å². The van der Waals surface area contributed by atoms with Crippen molar-refractivity contribution in [3.8, 4) is 0 Å². The molecule has 0 aliphatic carbocycles. The van der Waals surface area contributed by atoms with Crippen LogP contribution in [0.5, 0.6) is 0 Å². The highest BCUT2D eigenvalue weighted by molar-refractivity contribution is 5.76. The summed E-state index contributed by atoms with van der Waals surface area (Å²) in [6.45, 7) is 0. The normalized spacial score (nSPS) is 10.0. The Balaban J connectivity index is 2.89. The maximum Gasteiger partial charge on any atom is 0.0708 e. The molecule has 10 heavy (non-hydrogen) atoms. The van der Waals surface area contributed by atoms with Crippen LogP contribution in [-0.2, 0) is 0 Å². The molecule has 0 saturated carbocycles. The van der Waals surface area contributed by atoms with Gasteiger partial charge < -0.3 is 0 Å². The summed E-state index contributed by atoms with van der Waals surface area (Å²) in [6.07, 6.45) is 1.74. The van der Waals surface area contributed by atoms with Gasteiger partial charge in [0.25, 0.3) is 0 Å². The smallest absolute Gasteiger partial charge is 0.0708 e. The maximum atomic E-state index is 4.13. The topological polar surface area (TPSA) is 12.9 Å². The average molecular weight is 127 g/mol. The first-order valence-electron chi connectivity index (χ1n) is 3.09. The van der Waals surface area contributed by atoms with Gasteiger partial charge in [0, 0.05) is 11.6 Å². The van der Waals surface area contributed by atoms with Gasteiger partial charge in [-0.25, -0.2) is 0 Å². The van der Waals surface area contributed by atoms with Crippen LogP contribution in [0.3, 0.4) is 0 Å². The van der Waals surface area contributed by atoms with Crippen LogP contribution in [0.25, 0.3) is 10.9 Å². The molecular weight excluding hydrogens is 122 g/mol. The molecule has 1 aromatic carbocycles. The van der Waals surface area contributed by atoms with Crippen LogP contribution in [0.1, 0.15) is 0 Å². The summed E-state index contributed by atoms with van der Waals surface area (Å²) in [6, 6.07) is 13.5. The third kappa shape index (κ3) is 0.760. The molecule has 0 fully saturated rings. The molecule has 0 spiro atoms. The van der Waals surface area contributed by atoms with E-state index in [1.165, 1.54) is 0 Å². The monoisotopic (exact) mass is 127 g/mol. The number of aromatic nitrogens is 1. The van der Waals surface area contributed by atoms with Crippen molar-refractivity contribution in [2.24, 2.45) is 0 Å². The van der Waals surface area contributed by atoms with E-state index in [4.69, 9.17) is 0 Å². The van der Waals surface area contributed by atoms with Gasteiger partial charge in [0.2, 0.25) is 0 Å². The number of nitrogens with zero attached hydrogens (tertiary/aromatic N) is 1. The highest BCUT2D eigenvalue weighted by Crippen LogP contribution is 2.06. The molecule has 1 heterocycles. The van der Waals surface area contributed by atoms with E-state index >= 15 is 0 Å². The second-order valence-electron chi connectivity index (χ2n) is 2.03. The fourth-order valence-corrected chi connectivity index (χ4v) is 0.895. The average Bonchev–Trinajstić information content (AvgIpc) is 2.05. The fraction of sp³-hybridized carbons (Fsp3) is 0. The molecule has 1 heteroatoms. The molecule has 1 nitrogen and oxygen atoms in total.